The molecule has 0 radical (unpaired) electrons. The van der Waals surface area contributed by atoms with Gasteiger partial charge in [0.25, 0.3) is 11.8 Å². The van der Waals surface area contributed by atoms with E-state index in [1.807, 2.05) is 31.2 Å². The Morgan fingerprint density at radius 2 is 2.00 bits per heavy atom. The molecule has 0 unspecified atom stereocenters. The van der Waals surface area contributed by atoms with Crippen molar-refractivity contribution in [2.75, 3.05) is 17.2 Å². The molecule has 0 saturated heterocycles. The highest BCUT2D eigenvalue weighted by Gasteiger charge is 2.22. The van der Waals surface area contributed by atoms with Gasteiger partial charge in [-0.1, -0.05) is 24.3 Å². The average molecular weight is 282 g/mol. The second-order valence-electron chi connectivity index (χ2n) is 4.78. The average Bonchev–Trinajstić information content (AvgIpc) is 2.49. The minimum absolute atomic E-state index is 0.0319. The summed E-state index contributed by atoms with van der Waals surface area (Å²) in [5.41, 5.74) is 2.50. The summed E-state index contributed by atoms with van der Waals surface area (Å²) in [5, 5.41) is 5.53. The molecule has 3 rings (SSSR count). The number of nitrogens with one attached hydrogen (secondary N) is 2. The lowest BCUT2D eigenvalue weighted by Crippen LogP contribution is -2.27. The minimum Gasteiger partial charge on any atom is -0.482 e. The Balaban J connectivity index is 1.92. The molecule has 0 saturated carbocycles. The summed E-state index contributed by atoms with van der Waals surface area (Å²) in [4.78, 5) is 23.9. The van der Waals surface area contributed by atoms with Crippen molar-refractivity contribution in [3.63, 3.8) is 0 Å². The normalized spacial score (nSPS) is 12.9. The van der Waals surface area contributed by atoms with E-state index in [0.29, 0.717) is 17.0 Å². The zero-order valence-corrected chi connectivity index (χ0v) is 11.5. The van der Waals surface area contributed by atoms with E-state index in [9.17, 15) is 9.59 Å². The number of hydrogen-bond donors (Lipinski definition) is 2. The van der Waals surface area contributed by atoms with Crippen LogP contribution in [-0.2, 0) is 4.79 Å². The number of benzene rings is 2. The zero-order chi connectivity index (χ0) is 14.8. The van der Waals surface area contributed by atoms with Crippen molar-refractivity contribution < 1.29 is 14.3 Å². The number of hydrogen-bond acceptors (Lipinski definition) is 3. The van der Waals surface area contributed by atoms with E-state index < -0.39 is 0 Å². The molecule has 0 aliphatic carbocycles. The fourth-order valence-corrected chi connectivity index (χ4v) is 2.19. The number of rotatable bonds is 2. The molecule has 1 heterocycles. The Hall–Kier alpha value is -2.82. The monoisotopic (exact) mass is 282 g/mol. The van der Waals surface area contributed by atoms with Crippen LogP contribution in [-0.4, -0.2) is 18.4 Å². The van der Waals surface area contributed by atoms with Gasteiger partial charge in [-0.05, 0) is 30.7 Å². The van der Waals surface area contributed by atoms with Crippen molar-refractivity contribution in [1.29, 1.82) is 0 Å². The van der Waals surface area contributed by atoms with E-state index in [4.69, 9.17) is 4.74 Å². The van der Waals surface area contributed by atoms with Crippen LogP contribution < -0.4 is 15.4 Å². The van der Waals surface area contributed by atoms with Gasteiger partial charge in [0.15, 0.2) is 6.61 Å². The van der Waals surface area contributed by atoms with Gasteiger partial charge < -0.3 is 15.4 Å². The van der Waals surface area contributed by atoms with Crippen LogP contribution in [0.4, 0.5) is 11.4 Å². The van der Waals surface area contributed by atoms with Crippen molar-refractivity contribution in [3.8, 4) is 5.75 Å². The molecular formula is C16H14N2O3. The lowest BCUT2D eigenvalue weighted by atomic mass is 10.1. The summed E-state index contributed by atoms with van der Waals surface area (Å²) in [7, 11) is 0. The highest BCUT2D eigenvalue weighted by Crippen LogP contribution is 2.31. The Labute approximate surface area is 121 Å². The van der Waals surface area contributed by atoms with Crippen LogP contribution in [0, 0.1) is 6.92 Å². The number of para-hydroxylation sites is 2. The fourth-order valence-electron chi connectivity index (χ4n) is 2.19. The SMILES string of the molecule is Cc1ccccc1NC(=O)c1cccc2c1NC(=O)CO2. The molecule has 21 heavy (non-hydrogen) atoms. The highest BCUT2D eigenvalue weighted by molar-refractivity contribution is 6.12. The number of anilines is 2. The summed E-state index contributed by atoms with van der Waals surface area (Å²) >= 11 is 0. The molecule has 2 N–H and O–H groups in total. The van der Waals surface area contributed by atoms with Crippen molar-refractivity contribution in [3.05, 3.63) is 53.6 Å². The maximum Gasteiger partial charge on any atom is 0.262 e. The summed E-state index contributed by atoms with van der Waals surface area (Å²) < 4.78 is 5.31. The third-order valence-corrected chi connectivity index (χ3v) is 3.29. The Kier molecular flexibility index (Phi) is 3.31. The topological polar surface area (TPSA) is 67.4 Å². The third-order valence-electron chi connectivity index (χ3n) is 3.29. The van der Waals surface area contributed by atoms with Crippen LogP contribution in [0.1, 0.15) is 15.9 Å². The molecule has 5 heteroatoms. The summed E-state index contributed by atoms with van der Waals surface area (Å²) in [6.07, 6.45) is 0. The van der Waals surface area contributed by atoms with E-state index in [-0.39, 0.29) is 18.4 Å². The van der Waals surface area contributed by atoms with Crippen molar-refractivity contribution in [1.82, 2.24) is 0 Å². The van der Waals surface area contributed by atoms with Crippen LogP contribution in [0.2, 0.25) is 0 Å². The maximum absolute atomic E-state index is 12.4. The van der Waals surface area contributed by atoms with E-state index in [1.165, 1.54) is 0 Å². The standard InChI is InChI=1S/C16H14N2O3/c1-10-5-2-3-7-12(10)17-16(20)11-6-4-8-13-15(11)18-14(19)9-21-13/h2-8H,9H2,1H3,(H,17,20)(H,18,19). The molecule has 2 amide bonds. The van der Waals surface area contributed by atoms with Gasteiger partial charge in [0.05, 0.1) is 11.3 Å². The van der Waals surface area contributed by atoms with Crippen LogP contribution in [0.25, 0.3) is 0 Å². The van der Waals surface area contributed by atoms with Gasteiger partial charge in [0.1, 0.15) is 5.75 Å². The largest absolute Gasteiger partial charge is 0.482 e. The number of aryl methyl sites for hydroxylation is 1. The summed E-state index contributed by atoms with van der Waals surface area (Å²) in [6, 6.07) is 12.6. The van der Waals surface area contributed by atoms with Crippen LogP contribution in [0.5, 0.6) is 5.75 Å². The number of carbonyl (C=O) groups excluding carboxylic acids is 2. The maximum atomic E-state index is 12.4. The lowest BCUT2D eigenvalue weighted by Gasteiger charge is -2.20. The first-order chi connectivity index (χ1) is 10.1. The van der Waals surface area contributed by atoms with Gasteiger partial charge in [0, 0.05) is 5.69 Å². The number of fused-ring (bicyclic) bond motifs is 1. The summed E-state index contributed by atoms with van der Waals surface area (Å²) in [6.45, 7) is 1.89. The molecule has 5 nitrogen and oxygen atoms in total. The van der Waals surface area contributed by atoms with Crippen LogP contribution in [0.3, 0.4) is 0 Å². The number of amides is 2. The zero-order valence-electron chi connectivity index (χ0n) is 11.5. The first-order valence-electron chi connectivity index (χ1n) is 6.58. The molecule has 0 aromatic heterocycles. The van der Waals surface area contributed by atoms with Crippen molar-refractivity contribution >= 4 is 23.2 Å². The Morgan fingerprint density at radius 1 is 1.19 bits per heavy atom. The molecule has 2 aromatic carbocycles. The van der Waals surface area contributed by atoms with Crippen LogP contribution >= 0.6 is 0 Å². The van der Waals surface area contributed by atoms with Gasteiger partial charge in [-0.3, -0.25) is 9.59 Å². The molecule has 2 aromatic rings. The van der Waals surface area contributed by atoms with Crippen molar-refractivity contribution in [2.24, 2.45) is 0 Å². The fraction of sp³-hybridized carbons (Fsp3) is 0.125. The highest BCUT2D eigenvalue weighted by atomic mass is 16.5. The van der Waals surface area contributed by atoms with Gasteiger partial charge >= 0.3 is 0 Å². The van der Waals surface area contributed by atoms with Gasteiger partial charge in [-0.25, -0.2) is 0 Å². The first kappa shape index (κ1) is 13.2. The predicted octanol–water partition coefficient (Wildman–Crippen LogP) is 2.58. The first-order valence-corrected chi connectivity index (χ1v) is 6.58. The second kappa shape index (κ2) is 5.28. The molecule has 0 bridgehead atoms. The minimum atomic E-state index is -0.285. The second-order valence-corrected chi connectivity index (χ2v) is 4.78. The van der Waals surface area contributed by atoms with Crippen molar-refractivity contribution in [2.45, 2.75) is 6.92 Å². The Morgan fingerprint density at radius 3 is 2.81 bits per heavy atom. The number of ether oxygens (including phenoxy) is 1. The third kappa shape index (κ3) is 2.58. The van der Waals surface area contributed by atoms with E-state index in [2.05, 4.69) is 10.6 Å². The van der Waals surface area contributed by atoms with Gasteiger partial charge in [-0.15, -0.1) is 0 Å². The molecule has 0 spiro atoms. The van der Waals surface area contributed by atoms with Gasteiger partial charge in [0.2, 0.25) is 0 Å². The molecule has 106 valence electrons. The molecule has 1 aliphatic rings. The lowest BCUT2D eigenvalue weighted by molar-refractivity contribution is -0.118. The predicted molar refractivity (Wildman–Crippen MR) is 79.7 cm³/mol. The van der Waals surface area contributed by atoms with E-state index >= 15 is 0 Å². The number of carbonyl (C=O) groups is 2. The summed E-state index contributed by atoms with van der Waals surface area (Å²) in [5.74, 6) is -0.0439. The van der Waals surface area contributed by atoms with Gasteiger partial charge in [-0.2, -0.15) is 0 Å². The molecular weight excluding hydrogens is 268 g/mol. The van der Waals surface area contributed by atoms with E-state index in [1.54, 1.807) is 18.2 Å². The molecule has 0 fully saturated rings. The van der Waals surface area contributed by atoms with Crippen LogP contribution in [0.15, 0.2) is 42.5 Å². The molecule has 1 aliphatic heterocycles. The Bertz CT molecular complexity index is 725. The molecule has 0 atom stereocenters. The quantitative estimate of drug-likeness (QED) is 0.889. The van der Waals surface area contributed by atoms with E-state index in [0.717, 1.165) is 11.3 Å². The smallest absolute Gasteiger partial charge is 0.262 e.